The summed E-state index contributed by atoms with van der Waals surface area (Å²) in [4.78, 5) is 17.3. The van der Waals surface area contributed by atoms with E-state index >= 15 is 0 Å². The number of quaternary nitrogens is 1. The minimum atomic E-state index is 0.156. The molecule has 4 rings (SSSR count). The van der Waals surface area contributed by atoms with Gasteiger partial charge in [0.05, 0.1) is 6.54 Å². The largest absolute Gasteiger partial charge is 0.310 e. The van der Waals surface area contributed by atoms with Gasteiger partial charge in [-0.1, -0.05) is 25.2 Å². The quantitative estimate of drug-likeness (QED) is 0.745. The predicted octanol–water partition coefficient (Wildman–Crippen LogP) is 3.19. The van der Waals surface area contributed by atoms with Gasteiger partial charge in [0.25, 0.3) is 0 Å². The van der Waals surface area contributed by atoms with Crippen LogP contribution >= 0.6 is 34.9 Å². The van der Waals surface area contributed by atoms with Crippen LogP contribution in [0.25, 0.3) is 0 Å². The lowest BCUT2D eigenvalue weighted by Gasteiger charge is -2.31. The van der Waals surface area contributed by atoms with Crippen molar-refractivity contribution in [3.05, 3.63) is 25.8 Å². The van der Waals surface area contributed by atoms with Gasteiger partial charge in [-0.05, 0) is 36.5 Å². The van der Waals surface area contributed by atoms with Gasteiger partial charge in [0.1, 0.15) is 6.04 Å². The first-order chi connectivity index (χ1) is 12.6. The molecule has 2 atom stereocenters. The molecule has 0 radical (unpaired) electrons. The summed E-state index contributed by atoms with van der Waals surface area (Å²) in [6, 6.07) is 3.12. The summed E-state index contributed by atoms with van der Waals surface area (Å²) >= 11 is 8.96. The van der Waals surface area contributed by atoms with Crippen molar-refractivity contribution >= 4 is 45.9 Å². The minimum Gasteiger partial charge on any atom is -0.310 e. The molecule has 2 aromatic heterocycles. The highest BCUT2D eigenvalue weighted by atomic mass is 32.1. The third kappa shape index (κ3) is 3.40. The zero-order valence-electron chi connectivity index (χ0n) is 15.2. The van der Waals surface area contributed by atoms with Crippen LogP contribution in [0.3, 0.4) is 0 Å². The van der Waals surface area contributed by atoms with E-state index < -0.39 is 0 Å². The van der Waals surface area contributed by atoms with Gasteiger partial charge in [0.2, 0.25) is 11.0 Å². The average molecular weight is 410 g/mol. The Hall–Kier alpha value is -1.09. The summed E-state index contributed by atoms with van der Waals surface area (Å²) in [5.74, 6) is 0.156. The van der Waals surface area contributed by atoms with Crippen LogP contribution in [-0.2, 0) is 17.9 Å². The number of hydrogen-bond donors (Lipinski definition) is 1. The van der Waals surface area contributed by atoms with Crippen molar-refractivity contribution in [2.24, 2.45) is 0 Å². The fourth-order valence-corrected chi connectivity index (χ4v) is 6.01. The standard InChI is InChI=1S/C18H24N4OS3/c1-3-14-13-8-10-25-15(13)7-9-20(14)11-21-18(24)26-17(19-21)22(12-5-6-12)16(23)4-2/h8,10,12,14H,3-7,9,11H2,1-2H3/p+1/t14-/m0/s1. The van der Waals surface area contributed by atoms with Gasteiger partial charge in [-0.25, -0.2) is 0 Å². The molecule has 5 nitrogen and oxygen atoms in total. The van der Waals surface area contributed by atoms with Gasteiger partial charge in [-0.3, -0.25) is 9.69 Å². The number of rotatable bonds is 6. The number of thiophene rings is 1. The zero-order valence-corrected chi connectivity index (χ0v) is 17.7. The van der Waals surface area contributed by atoms with Gasteiger partial charge in [0.15, 0.2) is 10.6 Å². The van der Waals surface area contributed by atoms with E-state index in [1.807, 2.05) is 27.8 Å². The third-order valence-corrected chi connectivity index (χ3v) is 7.67. The summed E-state index contributed by atoms with van der Waals surface area (Å²) in [6.07, 6.45) is 4.92. The van der Waals surface area contributed by atoms with Crippen LogP contribution in [0.5, 0.6) is 0 Å². The van der Waals surface area contributed by atoms with Crippen LogP contribution in [0, 0.1) is 3.95 Å². The molecule has 0 saturated heterocycles. The van der Waals surface area contributed by atoms with Crippen molar-refractivity contribution in [3.63, 3.8) is 0 Å². The molecule has 0 spiro atoms. The molecule has 1 fully saturated rings. The second-order valence-corrected chi connectivity index (χ2v) is 9.68. The molecule has 26 heavy (non-hydrogen) atoms. The fraction of sp³-hybridized carbons (Fsp3) is 0.611. The lowest BCUT2D eigenvalue weighted by Crippen LogP contribution is -3.12. The van der Waals surface area contributed by atoms with Gasteiger partial charge in [-0.15, -0.1) is 16.4 Å². The Morgan fingerprint density at radius 1 is 1.46 bits per heavy atom. The number of carbonyl (C=O) groups excluding carboxylic acids is 1. The molecule has 2 aliphatic rings. The maximum Gasteiger partial charge on any atom is 0.228 e. The van der Waals surface area contributed by atoms with Crippen LogP contribution in [0.4, 0.5) is 5.13 Å². The lowest BCUT2D eigenvalue weighted by atomic mass is 9.98. The molecule has 140 valence electrons. The SMILES string of the molecule is CCC(=O)N(c1nn(C[NH+]2CCc3sccc3[C@@H]2CC)c(=S)s1)C1CC1. The van der Waals surface area contributed by atoms with E-state index in [9.17, 15) is 4.79 Å². The average Bonchev–Trinajstić information content (AvgIpc) is 3.24. The van der Waals surface area contributed by atoms with Gasteiger partial charge < -0.3 is 4.90 Å². The van der Waals surface area contributed by atoms with E-state index in [1.165, 1.54) is 26.7 Å². The lowest BCUT2D eigenvalue weighted by molar-refractivity contribution is -0.956. The number of nitrogens with one attached hydrogen (secondary N) is 1. The highest BCUT2D eigenvalue weighted by molar-refractivity contribution is 7.73. The van der Waals surface area contributed by atoms with Crippen molar-refractivity contribution in [3.8, 4) is 0 Å². The Kier molecular flexibility index (Phi) is 5.27. The number of anilines is 1. The molecule has 1 aliphatic heterocycles. The van der Waals surface area contributed by atoms with Crippen molar-refractivity contribution < 1.29 is 9.69 Å². The Labute approximate surface area is 167 Å². The van der Waals surface area contributed by atoms with E-state index in [0.29, 0.717) is 18.5 Å². The molecular weight excluding hydrogens is 384 g/mol. The van der Waals surface area contributed by atoms with Crippen LogP contribution in [0.2, 0.25) is 0 Å². The van der Waals surface area contributed by atoms with Gasteiger partial charge in [-0.2, -0.15) is 4.68 Å². The summed E-state index contributed by atoms with van der Waals surface area (Å²) in [6.45, 7) is 6.07. The fourth-order valence-electron chi connectivity index (χ4n) is 3.88. The molecule has 0 aromatic carbocycles. The number of amides is 1. The van der Waals surface area contributed by atoms with Crippen molar-refractivity contribution in [2.75, 3.05) is 11.4 Å². The summed E-state index contributed by atoms with van der Waals surface area (Å²) < 4.78 is 2.72. The first-order valence-electron chi connectivity index (χ1n) is 9.43. The number of aromatic nitrogens is 2. The maximum atomic E-state index is 12.4. The van der Waals surface area contributed by atoms with Crippen molar-refractivity contribution in [1.29, 1.82) is 0 Å². The number of carbonyl (C=O) groups is 1. The maximum absolute atomic E-state index is 12.4. The molecule has 1 amide bonds. The summed E-state index contributed by atoms with van der Waals surface area (Å²) in [5.41, 5.74) is 1.50. The van der Waals surface area contributed by atoms with Crippen LogP contribution in [0.1, 0.15) is 56.0 Å². The first-order valence-corrected chi connectivity index (χ1v) is 11.5. The molecule has 2 aromatic rings. The molecular formula is C18H25N4OS3+. The van der Waals surface area contributed by atoms with E-state index in [0.717, 1.165) is 48.0 Å². The Morgan fingerprint density at radius 3 is 2.96 bits per heavy atom. The normalized spacial score (nSPS) is 22.2. The zero-order chi connectivity index (χ0) is 18.3. The second-order valence-electron chi connectivity index (χ2n) is 7.07. The number of fused-ring (bicyclic) bond motifs is 1. The van der Waals surface area contributed by atoms with E-state index in [2.05, 4.69) is 18.4 Å². The van der Waals surface area contributed by atoms with E-state index in [1.54, 1.807) is 0 Å². The number of hydrogen-bond acceptors (Lipinski definition) is 5. The molecule has 3 heterocycles. The topological polar surface area (TPSA) is 42.6 Å². The second kappa shape index (κ2) is 7.50. The highest BCUT2D eigenvalue weighted by Crippen LogP contribution is 2.34. The first kappa shape index (κ1) is 18.3. The minimum absolute atomic E-state index is 0.156. The van der Waals surface area contributed by atoms with E-state index in [-0.39, 0.29) is 5.91 Å². The molecule has 1 unspecified atom stereocenters. The Bertz CT molecular complexity index is 851. The highest BCUT2D eigenvalue weighted by Gasteiger charge is 2.36. The van der Waals surface area contributed by atoms with E-state index in [4.69, 9.17) is 17.3 Å². The molecule has 1 aliphatic carbocycles. The van der Waals surface area contributed by atoms with Crippen molar-refractivity contribution in [2.45, 2.75) is 64.7 Å². The molecule has 1 N–H and O–H groups in total. The smallest absolute Gasteiger partial charge is 0.228 e. The Balaban J connectivity index is 1.57. The van der Waals surface area contributed by atoms with Crippen LogP contribution in [-0.4, -0.2) is 28.3 Å². The number of nitrogens with zero attached hydrogens (tertiary/aromatic N) is 3. The third-order valence-electron chi connectivity index (χ3n) is 5.37. The van der Waals surface area contributed by atoms with Gasteiger partial charge >= 0.3 is 0 Å². The van der Waals surface area contributed by atoms with Crippen LogP contribution in [0.15, 0.2) is 11.4 Å². The monoisotopic (exact) mass is 409 g/mol. The Morgan fingerprint density at radius 2 is 2.27 bits per heavy atom. The molecule has 0 bridgehead atoms. The predicted molar refractivity (Wildman–Crippen MR) is 109 cm³/mol. The molecule has 8 heteroatoms. The molecule has 1 saturated carbocycles. The van der Waals surface area contributed by atoms with Crippen LogP contribution < -0.4 is 9.80 Å². The summed E-state index contributed by atoms with van der Waals surface area (Å²) in [7, 11) is 0. The van der Waals surface area contributed by atoms with Crippen molar-refractivity contribution in [1.82, 2.24) is 9.78 Å². The van der Waals surface area contributed by atoms with Gasteiger partial charge in [0, 0.05) is 35.7 Å². The summed E-state index contributed by atoms with van der Waals surface area (Å²) in [5, 5.41) is 7.76.